The standard InChI is InChI=1S/C20H22F3N5O2/c1-24-18(29)14-6-25-28(12-14)19(30)27-10-15-8-26(9-16(15)11-27)7-13-3-2-4-17(5-13)20(21,22)23/h2-6,12,15-16H,7-11H2,1H3,(H,24,29). The molecular formula is C20H22F3N5O2. The van der Waals surface area contributed by atoms with Gasteiger partial charge in [-0.3, -0.25) is 9.69 Å². The van der Waals surface area contributed by atoms with Crippen molar-refractivity contribution in [2.75, 3.05) is 33.2 Å². The van der Waals surface area contributed by atoms with Crippen molar-refractivity contribution in [3.05, 3.63) is 53.3 Å². The Morgan fingerprint density at radius 1 is 1.17 bits per heavy atom. The van der Waals surface area contributed by atoms with Crippen LogP contribution in [0.15, 0.2) is 36.7 Å². The van der Waals surface area contributed by atoms with E-state index in [9.17, 15) is 22.8 Å². The van der Waals surface area contributed by atoms with Crippen molar-refractivity contribution in [2.45, 2.75) is 12.7 Å². The van der Waals surface area contributed by atoms with Gasteiger partial charge in [-0.2, -0.15) is 23.0 Å². The van der Waals surface area contributed by atoms with Crippen LogP contribution in [-0.4, -0.2) is 64.7 Å². The number of nitrogens with zero attached hydrogens (tertiary/aromatic N) is 4. The normalized spacial score (nSPS) is 21.7. The van der Waals surface area contributed by atoms with Gasteiger partial charge in [0, 0.05) is 46.0 Å². The van der Waals surface area contributed by atoms with Crippen molar-refractivity contribution in [1.82, 2.24) is 24.9 Å². The van der Waals surface area contributed by atoms with Crippen LogP contribution in [0.3, 0.4) is 0 Å². The zero-order chi connectivity index (χ0) is 21.5. The Morgan fingerprint density at radius 2 is 1.87 bits per heavy atom. The Bertz CT molecular complexity index is 944. The Morgan fingerprint density at radius 3 is 2.50 bits per heavy atom. The molecule has 10 heteroatoms. The molecule has 0 bridgehead atoms. The fourth-order valence-corrected chi connectivity index (χ4v) is 4.31. The van der Waals surface area contributed by atoms with Crippen LogP contribution < -0.4 is 5.32 Å². The predicted octanol–water partition coefficient (Wildman–Crippen LogP) is 2.29. The van der Waals surface area contributed by atoms with E-state index in [1.54, 1.807) is 11.0 Å². The Kier molecular flexibility index (Phi) is 5.27. The average molecular weight is 421 g/mol. The van der Waals surface area contributed by atoms with Crippen LogP contribution in [0.25, 0.3) is 0 Å². The highest BCUT2D eigenvalue weighted by molar-refractivity contribution is 5.94. The Labute approximate surface area is 171 Å². The molecule has 160 valence electrons. The summed E-state index contributed by atoms with van der Waals surface area (Å²) in [7, 11) is 1.51. The van der Waals surface area contributed by atoms with E-state index in [4.69, 9.17) is 0 Å². The smallest absolute Gasteiger partial charge is 0.355 e. The van der Waals surface area contributed by atoms with Crippen LogP contribution in [0, 0.1) is 11.8 Å². The van der Waals surface area contributed by atoms with E-state index < -0.39 is 11.7 Å². The highest BCUT2D eigenvalue weighted by Crippen LogP contribution is 2.33. The lowest BCUT2D eigenvalue weighted by Crippen LogP contribution is -2.36. The zero-order valence-electron chi connectivity index (χ0n) is 16.4. The quantitative estimate of drug-likeness (QED) is 0.826. The maximum Gasteiger partial charge on any atom is 0.416 e. The average Bonchev–Trinajstić information content (AvgIpc) is 3.41. The molecule has 0 spiro atoms. The number of carbonyl (C=O) groups is 2. The van der Waals surface area contributed by atoms with Crippen LogP contribution in [0.1, 0.15) is 21.5 Å². The van der Waals surface area contributed by atoms with Crippen LogP contribution >= 0.6 is 0 Å². The number of hydrogen-bond donors (Lipinski definition) is 1. The third kappa shape index (κ3) is 4.04. The third-order valence-corrected chi connectivity index (χ3v) is 5.76. The van der Waals surface area contributed by atoms with Gasteiger partial charge < -0.3 is 10.2 Å². The Balaban J connectivity index is 1.34. The lowest BCUT2D eigenvalue weighted by Gasteiger charge is -2.21. The fourth-order valence-electron chi connectivity index (χ4n) is 4.31. The molecule has 0 aliphatic carbocycles. The molecule has 2 fully saturated rings. The molecular weight excluding hydrogens is 399 g/mol. The molecule has 2 unspecified atom stereocenters. The van der Waals surface area contributed by atoms with Gasteiger partial charge >= 0.3 is 12.2 Å². The van der Waals surface area contributed by atoms with E-state index in [-0.39, 0.29) is 23.8 Å². The zero-order valence-corrected chi connectivity index (χ0v) is 16.4. The van der Waals surface area contributed by atoms with Crippen molar-refractivity contribution in [2.24, 2.45) is 11.8 Å². The van der Waals surface area contributed by atoms with Crippen LogP contribution in [-0.2, 0) is 12.7 Å². The number of nitrogens with one attached hydrogen (secondary N) is 1. The summed E-state index contributed by atoms with van der Waals surface area (Å²) in [5, 5.41) is 6.47. The second-order valence-corrected chi connectivity index (χ2v) is 7.85. The van der Waals surface area contributed by atoms with Crippen LogP contribution in [0.5, 0.6) is 0 Å². The highest BCUT2D eigenvalue weighted by atomic mass is 19.4. The molecule has 4 rings (SSSR count). The molecule has 2 aromatic rings. The van der Waals surface area contributed by atoms with Crippen molar-refractivity contribution in [3.63, 3.8) is 0 Å². The molecule has 1 aromatic carbocycles. The second-order valence-electron chi connectivity index (χ2n) is 7.85. The first kappa shape index (κ1) is 20.4. The summed E-state index contributed by atoms with van der Waals surface area (Å²) in [5.74, 6) is 0.236. The molecule has 2 aliphatic heterocycles. The maximum absolute atomic E-state index is 12.9. The van der Waals surface area contributed by atoms with Crippen molar-refractivity contribution < 1.29 is 22.8 Å². The first-order valence-electron chi connectivity index (χ1n) is 9.69. The van der Waals surface area contributed by atoms with Gasteiger partial charge in [-0.1, -0.05) is 18.2 Å². The maximum atomic E-state index is 12.9. The summed E-state index contributed by atoms with van der Waals surface area (Å²) in [4.78, 5) is 28.2. The minimum atomic E-state index is -4.34. The molecule has 3 heterocycles. The van der Waals surface area contributed by atoms with E-state index >= 15 is 0 Å². The molecule has 0 saturated carbocycles. The lowest BCUT2D eigenvalue weighted by molar-refractivity contribution is -0.137. The van der Waals surface area contributed by atoms with Crippen LogP contribution in [0.4, 0.5) is 18.0 Å². The molecule has 2 saturated heterocycles. The second kappa shape index (κ2) is 7.75. The molecule has 0 radical (unpaired) electrons. The van der Waals surface area contributed by atoms with Gasteiger partial charge in [0.1, 0.15) is 0 Å². The van der Waals surface area contributed by atoms with Gasteiger partial charge in [0.15, 0.2) is 0 Å². The molecule has 2 aliphatic rings. The monoisotopic (exact) mass is 421 g/mol. The molecule has 2 amide bonds. The number of carbonyl (C=O) groups excluding carboxylic acids is 2. The molecule has 30 heavy (non-hydrogen) atoms. The van der Waals surface area contributed by atoms with E-state index in [1.165, 1.54) is 36.3 Å². The number of rotatable bonds is 3. The summed E-state index contributed by atoms with van der Waals surface area (Å²) < 4.78 is 39.9. The lowest BCUT2D eigenvalue weighted by atomic mass is 10.0. The number of hydrogen-bond acceptors (Lipinski definition) is 4. The number of aromatic nitrogens is 2. The summed E-state index contributed by atoms with van der Waals surface area (Å²) >= 11 is 0. The van der Waals surface area contributed by atoms with Gasteiger partial charge in [-0.05, 0) is 23.5 Å². The summed E-state index contributed by atoms with van der Waals surface area (Å²) in [6.07, 6.45) is -1.58. The van der Waals surface area contributed by atoms with Gasteiger partial charge in [0.25, 0.3) is 5.91 Å². The predicted molar refractivity (Wildman–Crippen MR) is 102 cm³/mol. The number of amides is 2. The summed E-state index contributed by atoms with van der Waals surface area (Å²) in [6, 6.07) is 5.15. The SMILES string of the molecule is CNC(=O)c1cnn(C(=O)N2CC3CN(Cc4cccc(C(F)(F)F)c4)CC3C2)c1. The van der Waals surface area contributed by atoms with Gasteiger partial charge in [0.05, 0.1) is 17.3 Å². The van der Waals surface area contributed by atoms with Gasteiger partial charge in [-0.15, -0.1) is 0 Å². The van der Waals surface area contributed by atoms with Crippen molar-refractivity contribution >= 4 is 11.9 Å². The van der Waals surface area contributed by atoms with Gasteiger partial charge in [0.2, 0.25) is 0 Å². The minimum Gasteiger partial charge on any atom is -0.355 e. The van der Waals surface area contributed by atoms with E-state index in [1.807, 2.05) is 0 Å². The number of fused-ring (bicyclic) bond motifs is 1. The third-order valence-electron chi connectivity index (χ3n) is 5.76. The first-order chi connectivity index (χ1) is 14.2. The molecule has 1 aromatic heterocycles. The minimum absolute atomic E-state index is 0.272. The summed E-state index contributed by atoms with van der Waals surface area (Å²) in [5.41, 5.74) is 0.319. The molecule has 1 N–H and O–H groups in total. The van der Waals surface area contributed by atoms with E-state index in [0.717, 1.165) is 19.2 Å². The van der Waals surface area contributed by atoms with Gasteiger partial charge in [-0.25, -0.2) is 4.79 Å². The highest BCUT2D eigenvalue weighted by Gasteiger charge is 2.42. The van der Waals surface area contributed by atoms with Crippen molar-refractivity contribution in [3.8, 4) is 0 Å². The first-order valence-corrected chi connectivity index (χ1v) is 9.69. The Hall–Kier alpha value is -2.88. The van der Waals surface area contributed by atoms with Crippen molar-refractivity contribution in [1.29, 1.82) is 0 Å². The van der Waals surface area contributed by atoms with E-state index in [0.29, 0.717) is 30.8 Å². The molecule has 2 atom stereocenters. The molecule has 7 nitrogen and oxygen atoms in total. The number of benzene rings is 1. The largest absolute Gasteiger partial charge is 0.416 e. The number of halogens is 3. The van der Waals surface area contributed by atoms with E-state index in [2.05, 4.69) is 15.3 Å². The number of likely N-dealkylation sites (tertiary alicyclic amines) is 2. The summed E-state index contributed by atoms with van der Waals surface area (Å²) in [6.45, 7) is 3.05. The number of alkyl halides is 3. The fraction of sp³-hybridized carbons (Fsp3) is 0.450. The van der Waals surface area contributed by atoms with Crippen LogP contribution in [0.2, 0.25) is 0 Å². The topological polar surface area (TPSA) is 70.5 Å².